The van der Waals surface area contributed by atoms with Gasteiger partial charge in [-0.15, -0.1) is 11.3 Å². The summed E-state index contributed by atoms with van der Waals surface area (Å²) in [6.45, 7) is 2.20. The van der Waals surface area contributed by atoms with E-state index in [1.165, 1.54) is 11.3 Å². The molecule has 6 nitrogen and oxygen atoms in total. The van der Waals surface area contributed by atoms with Crippen LogP contribution in [-0.2, 0) is 28.9 Å². The van der Waals surface area contributed by atoms with E-state index in [2.05, 4.69) is 5.32 Å². The maximum absolute atomic E-state index is 12.4. The highest BCUT2D eigenvalue weighted by Gasteiger charge is 2.27. The van der Waals surface area contributed by atoms with Crippen LogP contribution in [0.4, 0.5) is 9.80 Å². The average molecular weight is 389 g/mol. The molecule has 1 amide bonds. The van der Waals surface area contributed by atoms with E-state index in [-0.39, 0.29) is 12.6 Å². The molecule has 144 valence electrons. The van der Waals surface area contributed by atoms with Crippen molar-refractivity contribution < 1.29 is 23.8 Å². The molecular weight excluding hydrogens is 366 g/mol. The fraction of sp³-hybridized carbons (Fsp3) is 0.400. The summed E-state index contributed by atoms with van der Waals surface area (Å²) in [6, 6.07) is 7.28. The summed E-state index contributed by atoms with van der Waals surface area (Å²) in [5.74, 6) is 0.355. The Morgan fingerprint density at radius 3 is 2.56 bits per heavy atom. The van der Waals surface area contributed by atoms with Crippen molar-refractivity contribution >= 4 is 28.4 Å². The number of anilines is 1. The number of aryl methyl sites for hydroxylation is 1. The van der Waals surface area contributed by atoms with E-state index in [9.17, 15) is 9.59 Å². The van der Waals surface area contributed by atoms with Crippen molar-refractivity contribution in [3.63, 3.8) is 0 Å². The third kappa shape index (κ3) is 4.60. The number of methoxy groups -OCH3 is 1. The van der Waals surface area contributed by atoms with E-state index in [1.807, 2.05) is 24.3 Å². The number of carbonyl (C=O) groups is 2. The van der Waals surface area contributed by atoms with Crippen LogP contribution in [0.1, 0.15) is 46.1 Å². The van der Waals surface area contributed by atoms with E-state index in [0.717, 1.165) is 47.4 Å². The normalized spacial score (nSPS) is 12.8. The minimum absolute atomic E-state index is 0.135. The second kappa shape index (κ2) is 8.90. The Hall–Kier alpha value is -2.54. The molecule has 0 bridgehead atoms. The smallest absolute Gasteiger partial charge is 0.412 e. The first-order valence-corrected chi connectivity index (χ1v) is 9.82. The van der Waals surface area contributed by atoms with Gasteiger partial charge in [-0.05, 0) is 55.9 Å². The van der Waals surface area contributed by atoms with Gasteiger partial charge in [0.05, 0.1) is 19.3 Å². The second-order valence-electron chi connectivity index (χ2n) is 6.18. The van der Waals surface area contributed by atoms with Gasteiger partial charge in [0.25, 0.3) is 0 Å². The third-order valence-corrected chi connectivity index (χ3v) is 5.60. The molecule has 0 saturated carbocycles. The van der Waals surface area contributed by atoms with Gasteiger partial charge in [0.1, 0.15) is 17.4 Å². The van der Waals surface area contributed by atoms with Crippen molar-refractivity contribution in [3.8, 4) is 5.75 Å². The van der Waals surface area contributed by atoms with E-state index < -0.39 is 6.09 Å². The number of rotatable bonds is 6. The quantitative estimate of drug-likeness (QED) is 0.733. The molecule has 3 rings (SSSR count). The van der Waals surface area contributed by atoms with Crippen molar-refractivity contribution in [2.45, 2.75) is 39.2 Å². The Morgan fingerprint density at radius 1 is 1.11 bits per heavy atom. The minimum atomic E-state index is -0.588. The molecule has 0 radical (unpaired) electrons. The minimum Gasteiger partial charge on any atom is -0.497 e. The molecule has 1 aliphatic carbocycles. The van der Waals surface area contributed by atoms with Crippen molar-refractivity contribution in [1.29, 1.82) is 0 Å². The molecule has 1 aliphatic rings. The standard InChI is InChI=1S/C20H23NO5S/c1-3-25-19(22)17-15-6-4-5-7-16(15)27-18(17)21-20(23)26-12-13-8-10-14(24-2)11-9-13/h8-11H,3-7,12H2,1-2H3,(H,21,23). The van der Waals surface area contributed by atoms with Gasteiger partial charge in [0.15, 0.2) is 0 Å². The summed E-state index contributed by atoms with van der Waals surface area (Å²) in [4.78, 5) is 25.8. The van der Waals surface area contributed by atoms with Crippen LogP contribution in [0.25, 0.3) is 0 Å². The molecule has 1 heterocycles. The molecule has 1 aromatic heterocycles. The molecule has 1 aromatic carbocycles. The Kier molecular flexibility index (Phi) is 6.34. The molecule has 0 fully saturated rings. The molecule has 0 saturated heterocycles. The molecular formula is C20H23NO5S. The first kappa shape index (κ1) is 19.2. The van der Waals surface area contributed by atoms with E-state index in [0.29, 0.717) is 17.2 Å². The lowest BCUT2D eigenvalue weighted by atomic mass is 9.95. The number of hydrogen-bond donors (Lipinski definition) is 1. The van der Waals surface area contributed by atoms with Crippen molar-refractivity contribution in [2.75, 3.05) is 19.0 Å². The topological polar surface area (TPSA) is 73.9 Å². The summed E-state index contributed by atoms with van der Waals surface area (Å²) in [5, 5.41) is 3.25. The van der Waals surface area contributed by atoms with E-state index in [4.69, 9.17) is 14.2 Å². The maximum Gasteiger partial charge on any atom is 0.412 e. The Bertz CT molecular complexity index is 813. The summed E-state index contributed by atoms with van der Waals surface area (Å²) in [7, 11) is 1.60. The third-order valence-electron chi connectivity index (χ3n) is 4.40. The van der Waals surface area contributed by atoms with Crippen LogP contribution in [0, 0.1) is 0 Å². The van der Waals surface area contributed by atoms with Crippen LogP contribution in [-0.4, -0.2) is 25.8 Å². The highest BCUT2D eigenvalue weighted by atomic mass is 32.1. The van der Waals surface area contributed by atoms with Gasteiger partial charge in [-0.2, -0.15) is 0 Å². The average Bonchev–Trinajstić information content (AvgIpc) is 3.04. The number of benzene rings is 1. The maximum atomic E-state index is 12.4. The van der Waals surface area contributed by atoms with Crippen LogP contribution >= 0.6 is 11.3 Å². The number of thiophene rings is 1. The van der Waals surface area contributed by atoms with Gasteiger partial charge in [0, 0.05) is 4.88 Å². The number of carbonyl (C=O) groups excluding carboxylic acids is 2. The van der Waals surface area contributed by atoms with Gasteiger partial charge in [-0.3, -0.25) is 5.32 Å². The van der Waals surface area contributed by atoms with Crippen LogP contribution in [0.5, 0.6) is 5.75 Å². The molecule has 0 spiro atoms. The van der Waals surface area contributed by atoms with Gasteiger partial charge in [-0.25, -0.2) is 9.59 Å². The predicted octanol–water partition coefficient (Wildman–Crippen LogP) is 4.56. The van der Waals surface area contributed by atoms with Gasteiger partial charge < -0.3 is 14.2 Å². The number of ether oxygens (including phenoxy) is 3. The van der Waals surface area contributed by atoms with Crippen molar-refractivity contribution in [1.82, 2.24) is 0 Å². The summed E-state index contributed by atoms with van der Waals surface area (Å²) in [6.07, 6.45) is 3.31. The molecule has 27 heavy (non-hydrogen) atoms. The Balaban J connectivity index is 1.69. The number of esters is 1. The molecule has 0 unspecified atom stereocenters. The number of fused-ring (bicyclic) bond motifs is 1. The highest BCUT2D eigenvalue weighted by molar-refractivity contribution is 7.17. The predicted molar refractivity (Wildman–Crippen MR) is 104 cm³/mol. The number of hydrogen-bond acceptors (Lipinski definition) is 6. The van der Waals surface area contributed by atoms with E-state index >= 15 is 0 Å². The molecule has 0 atom stereocenters. The van der Waals surface area contributed by atoms with Gasteiger partial charge in [0.2, 0.25) is 0 Å². The number of amides is 1. The molecule has 7 heteroatoms. The van der Waals surface area contributed by atoms with Gasteiger partial charge >= 0.3 is 12.1 Å². The molecule has 1 N–H and O–H groups in total. The van der Waals surface area contributed by atoms with Crippen molar-refractivity contribution in [3.05, 3.63) is 45.8 Å². The van der Waals surface area contributed by atoms with Crippen LogP contribution in [0.15, 0.2) is 24.3 Å². The monoisotopic (exact) mass is 389 g/mol. The Morgan fingerprint density at radius 2 is 1.85 bits per heavy atom. The lowest BCUT2D eigenvalue weighted by Gasteiger charge is -2.12. The zero-order valence-electron chi connectivity index (χ0n) is 15.5. The molecule has 2 aromatic rings. The zero-order chi connectivity index (χ0) is 19.2. The van der Waals surface area contributed by atoms with Crippen LogP contribution in [0.2, 0.25) is 0 Å². The second-order valence-corrected chi connectivity index (χ2v) is 7.29. The van der Waals surface area contributed by atoms with Crippen molar-refractivity contribution in [2.24, 2.45) is 0 Å². The fourth-order valence-electron chi connectivity index (χ4n) is 3.07. The Labute approximate surface area is 162 Å². The highest BCUT2D eigenvalue weighted by Crippen LogP contribution is 2.38. The number of nitrogens with one attached hydrogen (secondary N) is 1. The first-order valence-electron chi connectivity index (χ1n) is 9.00. The van der Waals surface area contributed by atoms with E-state index in [1.54, 1.807) is 14.0 Å². The summed E-state index contributed by atoms with van der Waals surface area (Å²) < 4.78 is 15.6. The SMILES string of the molecule is CCOC(=O)c1c(NC(=O)OCc2ccc(OC)cc2)sc2c1CCCC2. The lowest BCUT2D eigenvalue weighted by Crippen LogP contribution is -2.16. The summed E-state index contributed by atoms with van der Waals surface area (Å²) in [5.41, 5.74) is 2.34. The summed E-state index contributed by atoms with van der Waals surface area (Å²) >= 11 is 1.44. The zero-order valence-corrected chi connectivity index (χ0v) is 16.3. The largest absolute Gasteiger partial charge is 0.497 e. The molecule has 0 aliphatic heterocycles. The first-order chi connectivity index (χ1) is 13.1. The van der Waals surface area contributed by atoms with Gasteiger partial charge in [-0.1, -0.05) is 12.1 Å². The fourth-order valence-corrected chi connectivity index (χ4v) is 4.34. The lowest BCUT2D eigenvalue weighted by molar-refractivity contribution is 0.0526. The van der Waals surface area contributed by atoms with Crippen LogP contribution < -0.4 is 10.1 Å². The van der Waals surface area contributed by atoms with Crippen LogP contribution in [0.3, 0.4) is 0 Å².